The zero-order chi connectivity index (χ0) is 13.5. The minimum Gasteiger partial charge on any atom is -0.472 e. The fraction of sp³-hybridized carbons (Fsp3) is 0.455. The highest BCUT2D eigenvalue weighted by atomic mass is 19.3. The molecule has 1 aromatic rings. The van der Waals surface area contributed by atoms with Gasteiger partial charge in [0.25, 0.3) is 12.3 Å². The zero-order valence-corrected chi connectivity index (χ0v) is 9.77. The number of nitrogens with one attached hydrogen (secondary N) is 1. The van der Waals surface area contributed by atoms with E-state index in [1.807, 2.05) is 0 Å². The summed E-state index contributed by atoms with van der Waals surface area (Å²) < 4.78 is 28.4. The molecule has 0 radical (unpaired) electrons. The Bertz CT molecular complexity index is 382. The molecule has 0 saturated heterocycles. The smallest absolute Gasteiger partial charge is 0.272 e. The number of carbonyl (C=O) groups is 1. The molecule has 1 unspecified atom stereocenters. The van der Waals surface area contributed by atoms with Crippen LogP contribution in [0.15, 0.2) is 18.3 Å². The van der Waals surface area contributed by atoms with Crippen molar-refractivity contribution in [1.82, 2.24) is 10.3 Å². The first kappa shape index (κ1) is 14.3. The third-order valence-electron chi connectivity index (χ3n) is 1.91. The number of aromatic nitrogens is 1. The standard InChI is InChI=1S/C11H14F2N2O3/c1-7(16)4-15-11(17)8-2-3-10(14-5-8)18-6-9(12)13/h2-3,5,7,9,16H,4,6H2,1H3,(H,15,17). The molecule has 0 aliphatic rings. The van der Waals surface area contributed by atoms with Crippen LogP contribution in [0.1, 0.15) is 17.3 Å². The Morgan fingerprint density at radius 1 is 1.56 bits per heavy atom. The number of hydrogen-bond acceptors (Lipinski definition) is 4. The number of rotatable bonds is 6. The number of alkyl halides is 2. The average Bonchev–Trinajstić information content (AvgIpc) is 2.34. The minimum atomic E-state index is -2.57. The molecule has 1 amide bonds. The first-order chi connectivity index (χ1) is 8.49. The lowest BCUT2D eigenvalue weighted by molar-refractivity contribution is 0.0794. The van der Waals surface area contributed by atoms with Crippen LogP contribution in [0.4, 0.5) is 8.78 Å². The number of pyridine rings is 1. The van der Waals surface area contributed by atoms with Crippen molar-refractivity contribution in [2.75, 3.05) is 13.2 Å². The number of amides is 1. The molecule has 0 saturated carbocycles. The predicted octanol–water partition coefficient (Wildman–Crippen LogP) is 0.836. The molecule has 0 fully saturated rings. The molecule has 2 N–H and O–H groups in total. The number of nitrogens with zero attached hydrogens (tertiary/aromatic N) is 1. The molecule has 100 valence electrons. The van der Waals surface area contributed by atoms with Gasteiger partial charge in [0.15, 0.2) is 6.61 Å². The lowest BCUT2D eigenvalue weighted by Crippen LogP contribution is -2.30. The summed E-state index contributed by atoms with van der Waals surface area (Å²) in [5, 5.41) is 11.5. The highest BCUT2D eigenvalue weighted by Crippen LogP contribution is 2.08. The van der Waals surface area contributed by atoms with E-state index in [9.17, 15) is 13.6 Å². The van der Waals surface area contributed by atoms with E-state index >= 15 is 0 Å². The molecule has 0 aliphatic heterocycles. The van der Waals surface area contributed by atoms with Gasteiger partial charge in [-0.15, -0.1) is 0 Å². The van der Waals surface area contributed by atoms with Gasteiger partial charge in [-0.3, -0.25) is 4.79 Å². The van der Waals surface area contributed by atoms with Gasteiger partial charge in [0.2, 0.25) is 5.88 Å². The first-order valence-corrected chi connectivity index (χ1v) is 5.32. The normalized spacial score (nSPS) is 12.3. The van der Waals surface area contributed by atoms with Crippen LogP contribution < -0.4 is 10.1 Å². The van der Waals surface area contributed by atoms with E-state index in [1.54, 1.807) is 6.92 Å². The summed E-state index contributed by atoms with van der Waals surface area (Å²) in [4.78, 5) is 15.2. The van der Waals surface area contributed by atoms with Crippen molar-refractivity contribution in [2.24, 2.45) is 0 Å². The Kier molecular flexibility index (Phi) is 5.44. The molecule has 1 aromatic heterocycles. The summed E-state index contributed by atoms with van der Waals surface area (Å²) in [7, 11) is 0. The number of ether oxygens (including phenoxy) is 1. The van der Waals surface area contributed by atoms with E-state index in [1.165, 1.54) is 18.3 Å². The monoisotopic (exact) mass is 260 g/mol. The van der Waals surface area contributed by atoms with Crippen LogP contribution in [0, 0.1) is 0 Å². The topological polar surface area (TPSA) is 71.5 Å². The van der Waals surface area contributed by atoms with Gasteiger partial charge in [-0.2, -0.15) is 0 Å². The minimum absolute atomic E-state index is 0.0300. The highest BCUT2D eigenvalue weighted by molar-refractivity contribution is 5.93. The van der Waals surface area contributed by atoms with Crippen molar-refractivity contribution >= 4 is 5.91 Å². The van der Waals surface area contributed by atoms with Gasteiger partial charge in [-0.25, -0.2) is 13.8 Å². The third-order valence-corrected chi connectivity index (χ3v) is 1.91. The van der Waals surface area contributed by atoms with Gasteiger partial charge < -0.3 is 15.2 Å². The second-order valence-electron chi connectivity index (χ2n) is 3.65. The van der Waals surface area contributed by atoms with Crippen LogP contribution >= 0.6 is 0 Å². The highest BCUT2D eigenvalue weighted by Gasteiger charge is 2.08. The molecule has 1 heterocycles. The number of halogens is 2. The second kappa shape index (κ2) is 6.85. The van der Waals surface area contributed by atoms with E-state index in [-0.39, 0.29) is 18.0 Å². The van der Waals surface area contributed by atoms with Gasteiger partial charge in [0, 0.05) is 18.8 Å². The largest absolute Gasteiger partial charge is 0.472 e. The molecule has 1 atom stereocenters. The maximum Gasteiger partial charge on any atom is 0.272 e. The maximum atomic E-state index is 11.9. The summed E-state index contributed by atoms with van der Waals surface area (Å²) in [5.41, 5.74) is 0.264. The van der Waals surface area contributed by atoms with Crippen LogP contribution in [0.3, 0.4) is 0 Å². The van der Waals surface area contributed by atoms with Crippen molar-refractivity contribution in [3.05, 3.63) is 23.9 Å². The predicted molar refractivity (Wildman–Crippen MR) is 59.8 cm³/mol. The van der Waals surface area contributed by atoms with E-state index in [0.717, 1.165) is 0 Å². The lowest BCUT2D eigenvalue weighted by Gasteiger charge is -2.08. The molecular formula is C11H14F2N2O3. The molecule has 5 nitrogen and oxygen atoms in total. The summed E-state index contributed by atoms with van der Waals surface area (Å²) in [6, 6.07) is 2.74. The number of aliphatic hydroxyl groups is 1. The van der Waals surface area contributed by atoms with Gasteiger partial charge in [0.1, 0.15) is 0 Å². The van der Waals surface area contributed by atoms with E-state index in [2.05, 4.69) is 15.0 Å². The molecule has 0 spiro atoms. The summed E-state index contributed by atoms with van der Waals surface area (Å²) in [5.74, 6) is -0.369. The SMILES string of the molecule is CC(O)CNC(=O)c1ccc(OCC(F)F)nc1. The van der Waals surface area contributed by atoms with Crippen molar-refractivity contribution in [2.45, 2.75) is 19.5 Å². The number of carbonyl (C=O) groups excluding carboxylic acids is 1. The molecular weight excluding hydrogens is 246 g/mol. The quantitative estimate of drug-likeness (QED) is 0.795. The van der Waals surface area contributed by atoms with Crippen molar-refractivity contribution < 1.29 is 23.4 Å². The van der Waals surface area contributed by atoms with E-state index < -0.39 is 25.0 Å². The first-order valence-electron chi connectivity index (χ1n) is 5.32. The van der Waals surface area contributed by atoms with Crippen molar-refractivity contribution in [3.63, 3.8) is 0 Å². The van der Waals surface area contributed by atoms with Crippen LogP contribution in [0.5, 0.6) is 5.88 Å². The van der Waals surface area contributed by atoms with Crippen LogP contribution in [0.2, 0.25) is 0 Å². The average molecular weight is 260 g/mol. The Labute approximate surface area is 103 Å². The fourth-order valence-electron chi connectivity index (χ4n) is 1.09. The zero-order valence-electron chi connectivity index (χ0n) is 9.77. The molecule has 0 aromatic carbocycles. The van der Waals surface area contributed by atoms with E-state index in [4.69, 9.17) is 5.11 Å². The van der Waals surface area contributed by atoms with Crippen LogP contribution in [-0.4, -0.2) is 41.7 Å². The van der Waals surface area contributed by atoms with Gasteiger partial charge in [-0.1, -0.05) is 0 Å². The van der Waals surface area contributed by atoms with Gasteiger partial charge in [-0.05, 0) is 13.0 Å². The summed E-state index contributed by atoms with van der Waals surface area (Å²) >= 11 is 0. The number of aliphatic hydroxyl groups excluding tert-OH is 1. The van der Waals surface area contributed by atoms with Crippen LogP contribution in [-0.2, 0) is 0 Å². The summed E-state index contributed by atoms with van der Waals surface area (Å²) in [6.45, 7) is 0.933. The summed E-state index contributed by atoms with van der Waals surface area (Å²) in [6.07, 6.45) is -1.99. The molecule has 1 rings (SSSR count). The Balaban J connectivity index is 2.51. The Morgan fingerprint density at radius 3 is 2.78 bits per heavy atom. The fourth-order valence-corrected chi connectivity index (χ4v) is 1.09. The van der Waals surface area contributed by atoms with Crippen molar-refractivity contribution in [3.8, 4) is 5.88 Å². The maximum absolute atomic E-state index is 11.9. The molecule has 0 aliphatic carbocycles. The third kappa shape index (κ3) is 5.05. The van der Waals surface area contributed by atoms with Crippen molar-refractivity contribution in [1.29, 1.82) is 0 Å². The Morgan fingerprint density at radius 2 is 2.28 bits per heavy atom. The number of hydrogen-bond donors (Lipinski definition) is 2. The lowest BCUT2D eigenvalue weighted by atomic mass is 10.2. The van der Waals surface area contributed by atoms with Crippen LogP contribution in [0.25, 0.3) is 0 Å². The Hall–Kier alpha value is -1.76. The van der Waals surface area contributed by atoms with Gasteiger partial charge in [0.05, 0.1) is 11.7 Å². The molecule has 18 heavy (non-hydrogen) atoms. The van der Waals surface area contributed by atoms with E-state index in [0.29, 0.717) is 0 Å². The van der Waals surface area contributed by atoms with Gasteiger partial charge >= 0.3 is 0 Å². The molecule has 7 heteroatoms. The second-order valence-corrected chi connectivity index (χ2v) is 3.65. The molecule has 0 bridgehead atoms.